The Morgan fingerprint density at radius 2 is 1.90 bits per heavy atom. The lowest BCUT2D eigenvalue weighted by Gasteiger charge is -1.96. The van der Waals surface area contributed by atoms with Crippen LogP contribution in [0.15, 0.2) is 48.9 Å². The topological polar surface area (TPSA) is 60.6 Å². The van der Waals surface area contributed by atoms with Gasteiger partial charge in [-0.15, -0.1) is 0 Å². The lowest BCUT2D eigenvalue weighted by Crippen LogP contribution is -1.94. The molecule has 0 saturated heterocycles. The van der Waals surface area contributed by atoms with Gasteiger partial charge in [0, 0.05) is 18.6 Å². The maximum absolute atomic E-state index is 13.3. The Morgan fingerprint density at radius 1 is 1.00 bits per heavy atom. The second-order valence-electron chi connectivity index (χ2n) is 4.51. The van der Waals surface area contributed by atoms with Crippen LogP contribution in [0.2, 0.25) is 0 Å². The molecule has 2 N–H and O–H groups in total. The predicted molar refractivity (Wildman–Crippen MR) is 73.7 cm³/mol. The highest BCUT2D eigenvalue weighted by Gasteiger charge is 2.14. The number of aromatic nitrogens is 4. The fourth-order valence-corrected chi connectivity index (χ4v) is 2.27. The van der Waals surface area contributed by atoms with Crippen molar-refractivity contribution in [1.29, 1.82) is 0 Å². The van der Waals surface area contributed by atoms with E-state index < -0.39 is 0 Å². The van der Waals surface area contributed by atoms with Gasteiger partial charge in [0.15, 0.2) is 0 Å². The molecular weight excluding hydrogens is 257 g/mol. The first kappa shape index (κ1) is 11.0. The monoisotopic (exact) mass is 267 g/mol. The minimum absolute atomic E-state index is 0.358. The van der Waals surface area contributed by atoms with Gasteiger partial charge in [0.2, 0.25) is 0 Å². The summed E-state index contributed by atoms with van der Waals surface area (Å²) in [5, 5.41) is 0. The zero-order valence-corrected chi connectivity index (χ0v) is 10.4. The lowest BCUT2D eigenvalue weighted by atomic mass is 10.3. The van der Waals surface area contributed by atoms with Gasteiger partial charge in [-0.25, -0.2) is 14.4 Å². The molecule has 0 saturated carbocycles. The van der Waals surface area contributed by atoms with Crippen LogP contribution in [0.4, 0.5) is 10.2 Å². The molecule has 0 amide bonds. The number of nitrogens with zero attached hydrogens (tertiary/aromatic N) is 4. The van der Waals surface area contributed by atoms with Crippen molar-refractivity contribution >= 4 is 17.1 Å². The molecule has 0 bridgehead atoms. The zero-order chi connectivity index (χ0) is 13.7. The molecule has 0 unspecified atom stereocenters. The van der Waals surface area contributed by atoms with Crippen LogP contribution >= 0.6 is 0 Å². The van der Waals surface area contributed by atoms with Crippen molar-refractivity contribution in [2.75, 3.05) is 5.73 Å². The number of nitrogens with two attached hydrogens (primary N) is 1. The van der Waals surface area contributed by atoms with E-state index in [1.807, 2.05) is 35.0 Å². The van der Waals surface area contributed by atoms with Crippen molar-refractivity contribution in [2.45, 2.75) is 0 Å². The van der Waals surface area contributed by atoms with E-state index >= 15 is 0 Å². The third-order valence-corrected chi connectivity index (χ3v) is 3.23. The molecule has 6 heteroatoms. The Labute approximate surface area is 113 Å². The Bertz CT molecular complexity index is 904. The summed E-state index contributed by atoms with van der Waals surface area (Å²) in [4.78, 5) is 8.89. The Kier molecular flexibility index (Phi) is 2.09. The first-order valence-corrected chi connectivity index (χ1v) is 6.09. The van der Waals surface area contributed by atoms with Crippen molar-refractivity contribution in [3.63, 3.8) is 0 Å². The van der Waals surface area contributed by atoms with E-state index in [2.05, 4.69) is 9.97 Å². The molecule has 5 nitrogen and oxygen atoms in total. The molecule has 0 aliphatic heterocycles. The van der Waals surface area contributed by atoms with E-state index in [1.54, 1.807) is 6.07 Å². The van der Waals surface area contributed by atoms with Crippen LogP contribution in [0.3, 0.4) is 0 Å². The Balaban J connectivity index is 1.99. The van der Waals surface area contributed by atoms with Crippen molar-refractivity contribution < 1.29 is 4.39 Å². The number of rotatable bonds is 1. The molecule has 0 aromatic carbocycles. The highest BCUT2D eigenvalue weighted by molar-refractivity contribution is 5.73. The summed E-state index contributed by atoms with van der Waals surface area (Å²) in [6.07, 6.45) is 5.07. The van der Waals surface area contributed by atoms with Crippen molar-refractivity contribution in [3.05, 3.63) is 54.7 Å². The second kappa shape index (κ2) is 3.80. The molecule has 0 atom stereocenters. The van der Waals surface area contributed by atoms with Gasteiger partial charge >= 0.3 is 0 Å². The molecule has 20 heavy (non-hydrogen) atoms. The van der Waals surface area contributed by atoms with E-state index in [4.69, 9.17) is 5.73 Å². The van der Waals surface area contributed by atoms with E-state index in [9.17, 15) is 4.39 Å². The molecular formula is C14H10FN5. The second-order valence-corrected chi connectivity index (χ2v) is 4.51. The number of nitrogen functional groups attached to an aromatic ring is 1. The third kappa shape index (κ3) is 1.48. The van der Waals surface area contributed by atoms with E-state index in [-0.39, 0.29) is 5.82 Å². The predicted octanol–water partition coefficient (Wildman–Crippen LogP) is 2.37. The summed E-state index contributed by atoms with van der Waals surface area (Å²) in [7, 11) is 0. The molecule has 4 rings (SSSR count). The fraction of sp³-hybridized carbons (Fsp3) is 0. The van der Waals surface area contributed by atoms with Crippen molar-refractivity contribution in [1.82, 2.24) is 18.8 Å². The average molecular weight is 267 g/mol. The number of halogens is 1. The molecule has 4 aromatic heterocycles. The van der Waals surface area contributed by atoms with E-state index in [1.165, 1.54) is 16.7 Å². The summed E-state index contributed by atoms with van der Waals surface area (Å²) in [5.74, 6) is 0.0195. The number of pyridine rings is 2. The van der Waals surface area contributed by atoms with Gasteiger partial charge in [0.25, 0.3) is 0 Å². The minimum Gasteiger partial charge on any atom is -0.383 e. The normalized spacial score (nSPS) is 11.4. The zero-order valence-electron chi connectivity index (χ0n) is 10.4. The van der Waals surface area contributed by atoms with Crippen molar-refractivity contribution in [2.24, 2.45) is 0 Å². The highest BCUT2D eigenvalue weighted by atomic mass is 19.1. The summed E-state index contributed by atoms with van der Waals surface area (Å²) >= 11 is 0. The Hall–Kier alpha value is -2.89. The number of fused-ring (bicyclic) bond motifs is 2. The number of hydrogen-bond donors (Lipinski definition) is 1. The molecule has 4 heterocycles. The van der Waals surface area contributed by atoms with E-state index in [0.717, 1.165) is 5.65 Å². The maximum atomic E-state index is 13.3. The fourth-order valence-electron chi connectivity index (χ4n) is 2.27. The average Bonchev–Trinajstić information content (AvgIpc) is 3.01. The van der Waals surface area contributed by atoms with Crippen LogP contribution in [0, 0.1) is 5.82 Å². The first-order chi connectivity index (χ1) is 9.72. The lowest BCUT2D eigenvalue weighted by molar-refractivity contribution is 0.619. The van der Waals surface area contributed by atoms with Crippen LogP contribution in [0.25, 0.3) is 22.7 Å². The summed E-state index contributed by atoms with van der Waals surface area (Å²) in [6, 6.07) is 8.67. The minimum atomic E-state index is -0.358. The molecule has 0 fully saturated rings. The molecule has 4 aromatic rings. The van der Waals surface area contributed by atoms with Crippen LogP contribution in [-0.2, 0) is 0 Å². The summed E-state index contributed by atoms with van der Waals surface area (Å²) in [5.41, 5.74) is 8.67. The summed E-state index contributed by atoms with van der Waals surface area (Å²) < 4.78 is 16.7. The quantitative estimate of drug-likeness (QED) is 0.576. The van der Waals surface area contributed by atoms with Gasteiger partial charge in [0.05, 0.1) is 0 Å². The van der Waals surface area contributed by atoms with Gasteiger partial charge in [-0.1, -0.05) is 6.07 Å². The van der Waals surface area contributed by atoms with Gasteiger partial charge in [0.1, 0.15) is 34.3 Å². The SMILES string of the molecule is Nc1c(-c2cn3ccccc3n2)nc2ccc(F)cn12. The smallest absolute Gasteiger partial charge is 0.140 e. The number of hydrogen-bond acceptors (Lipinski definition) is 3. The largest absolute Gasteiger partial charge is 0.383 e. The van der Waals surface area contributed by atoms with Crippen molar-refractivity contribution in [3.8, 4) is 11.4 Å². The maximum Gasteiger partial charge on any atom is 0.140 e. The molecule has 0 aliphatic rings. The molecule has 0 radical (unpaired) electrons. The van der Waals surface area contributed by atoms with Crippen LogP contribution in [0.1, 0.15) is 0 Å². The van der Waals surface area contributed by atoms with Crippen LogP contribution in [0.5, 0.6) is 0 Å². The molecule has 98 valence electrons. The van der Waals surface area contributed by atoms with Crippen LogP contribution in [-0.4, -0.2) is 18.8 Å². The third-order valence-electron chi connectivity index (χ3n) is 3.23. The molecule has 0 aliphatic carbocycles. The van der Waals surface area contributed by atoms with Gasteiger partial charge in [-0.05, 0) is 24.3 Å². The summed E-state index contributed by atoms with van der Waals surface area (Å²) in [6.45, 7) is 0. The van der Waals surface area contributed by atoms with Gasteiger partial charge in [-0.3, -0.25) is 4.40 Å². The highest BCUT2D eigenvalue weighted by Crippen LogP contribution is 2.26. The van der Waals surface area contributed by atoms with Crippen LogP contribution < -0.4 is 5.73 Å². The Morgan fingerprint density at radius 3 is 2.75 bits per heavy atom. The van der Waals surface area contributed by atoms with E-state index in [0.29, 0.717) is 22.9 Å². The van der Waals surface area contributed by atoms with Gasteiger partial charge in [-0.2, -0.15) is 0 Å². The number of imidazole rings is 2. The first-order valence-electron chi connectivity index (χ1n) is 6.09. The van der Waals surface area contributed by atoms with Gasteiger partial charge < -0.3 is 10.1 Å². The number of anilines is 1. The molecule has 0 spiro atoms. The standard InChI is InChI=1S/C14H10FN5/c15-9-4-5-12-18-13(14(16)20(12)7-9)10-8-19-6-2-1-3-11(19)17-10/h1-8H,16H2.